The molecule has 0 saturated heterocycles. The van der Waals surface area contributed by atoms with Crippen LogP contribution in [0.25, 0.3) is 0 Å². The third-order valence-corrected chi connectivity index (χ3v) is 3.75. The molecular formula is C16H21N3O2. The summed E-state index contributed by atoms with van der Waals surface area (Å²) in [5, 5.41) is 3.53. The Morgan fingerprint density at radius 3 is 2.95 bits per heavy atom. The number of likely N-dealkylation sites (N-methyl/N-ethyl adjacent to an activating group) is 1. The minimum absolute atomic E-state index is 0.226. The highest BCUT2D eigenvalue weighted by Gasteiger charge is 2.18. The van der Waals surface area contributed by atoms with Crippen molar-refractivity contribution in [1.82, 2.24) is 14.9 Å². The number of nitrogens with zero attached hydrogens (tertiary/aromatic N) is 2. The average molecular weight is 287 g/mol. The predicted molar refractivity (Wildman–Crippen MR) is 80.6 cm³/mol. The lowest BCUT2D eigenvalue weighted by molar-refractivity contribution is 0.174. The Kier molecular flexibility index (Phi) is 4.10. The molecule has 1 aliphatic rings. The van der Waals surface area contributed by atoms with Gasteiger partial charge in [0, 0.05) is 25.4 Å². The van der Waals surface area contributed by atoms with E-state index in [-0.39, 0.29) is 6.04 Å². The van der Waals surface area contributed by atoms with Gasteiger partial charge in [-0.25, -0.2) is 4.98 Å². The van der Waals surface area contributed by atoms with Gasteiger partial charge in [-0.05, 0) is 24.2 Å². The molecule has 2 heterocycles. The van der Waals surface area contributed by atoms with Gasteiger partial charge in [-0.1, -0.05) is 19.9 Å². The maximum absolute atomic E-state index is 5.48. The molecule has 0 radical (unpaired) electrons. The summed E-state index contributed by atoms with van der Waals surface area (Å²) in [6.45, 7) is 6.33. The van der Waals surface area contributed by atoms with E-state index in [2.05, 4.69) is 40.8 Å². The Morgan fingerprint density at radius 1 is 1.29 bits per heavy atom. The van der Waals surface area contributed by atoms with E-state index in [9.17, 15) is 0 Å². The van der Waals surface area contributed by atoms with Gasteiger partial charge >= 0.3 is 0 Å². The average Bonchev–Trinajstić information content (AvgIpc) is 3.14. The lowest BCUT2D eigenvalue weighted by Crippen LogP contribution is -2.25. The predicted octanol–water partition coefficient (Wildman–Crippen LogP) is 2.53. The van der Waals surface area contributed by atoms with Crippen molar-refractivity contribution in [3.05, 3.63) is 42.0 Å². The second-order valence-electron chi connectivity index (χ2n) is 5.07. The van der Waals surface area contributed by atoms with Crippen LogP contribution in [0.1, 0.15) is 31.3 Å². The molecule has 1 atom stereocenters. The SMILES string of the molecule is CCNC(Cn1ccnc1CC)c1ccc2c(c1)OCO2. The number of ether oxygens (including phenoxy) is 2. The minimum atomic E-state index is 0.226. The lowest BCUT2D eigenvalue weighted by atomic mass is 10.1. The zero-order chi connectivity index (χ0) is 14.7. The number of aromatic nitrogens is 2. The number of rotatable bonds is 6. The second kappa shape index (κ2) is 6.18. The first-order valence-corrected chi connectivity index (χ1v) is 7.44. The molecule has 5 nitrogen and oxygen atoms in total. The molecule has 1 unspecified atom stereocenters. The van der Waals surface area contributed by atoms with Gasteiger partial charge in [0.15, 0.2) is 11.5 Å². The van der Waals surface area contributed by atoms with Crippen LogP contribution in [0.2, 0.25) is 0 Å². The Morgan fingerprint density at radius 2 is 2.14 bits per heavy atom. The minimum Gasteiger partial charge on any atom is -0.454 e. The molecule has 5 heteroatoms. The fraction of sp³-hybridized carbons (Fsp3) is 0.438. The molecular weight excluding hydrogens is 266 g/mol. The molecule has 0 fully saturated rings. The van der Waals surface area contributed by atoms with Crippen LogP contribution in [0.15, 0.2) is 30.6 Å². The van der Waals surface area contributed by atoms with Crippen LogP contribution in [-0.2, 0) is 13.0 Å². The molecule has 1 aliphatic heterocycles. The van der Waals surface area contributed by atoms with Gasteiger partial charge in [0.05, 0.1) is 6.04 Å². The van der Waals surface area contributed by atoms with Crippen LogP contribution in [0.3, 0.4) is 0 Å². The molecule has 1 aromatic carbocycles. The zero-order valence-corrected chi connectivity index (χ0v) is 12.5. The summed E-state index contributed by atoms with van der Waals surface area (Å²) < 4.78 is 13.1. The van der Waals surface area contributed by atoms with E-state index in [1.165, 1.54) is 5.56 Å². The summed E-state index contributed by atoms with van der Waals surface area (Å²) >= 11 is 0. The van der Waals surface area contributed by atoms with Crippen LogP contribution in [0.4, 0.5) is 0 Å². The van der Waals surface area contributed by atoms with Crippen molar-refractivity contribution in [1.29, 1.82) is 0 Å². The van der Waals surface area contributed by atoms with E-state index in [0.717, 1.165) is 36.8 Å². The quantitative estimate of drug-likeness (QED) is 0.887. The van der Waals surface area contributed by atoms with E-state index in [1.807, 2.05) is 18.5 Å². The second-order valence-corrected chi connectivity index (χ2v) is 5.07. The molecule has 1 N–H and O–H groups in total. The fourth-order valence-corrected chi connectivity index (χ4v) is 2.68. The fourth-order valence-electron chi connectivity index (χ4n) is 2.68. The molecule has 0 amide bonds. The standard InChI is InChI=1S/C16H21N3O2/c1-3-16-18-7-8-19(16)10-13(17-4-2)12-5-6-14-15(9-12)21-11-20-14/h5-9,13,17H,3-4,10-11H2,1-2H3. The number of fused-ring (bicyclic) bond motifs is 1. The summed E-state index contributed by atoms with van der Waals surface area (Å²) in [4.78, 5) is 4.39. The van der Waals surface area contributed by atoms with Crippen LogP contribution in [0.5, 0.6) is 11.5 Å². The highest BCUT2D eigenvalue weighted by molar-refractivity contribution is 5.45. The molecule has 3 rings (SSSR count). The van der Waals surface area contributed by atoms with Crippen LogP contribution in [-0.4, -0.2) is 22.9 Å². The van der Waals surface area contributed by atoms with Crippen molar-refractivity contribution < 1.29 is 9.47 Å². The number of imidazole rings is 1. The van der Waals surface area contributed by atoms with E-state index in [1.54, 1.807) is 0 Å². The van der Waals surface area contributed by atoms with Crippen LogP contribution < -0.4 is 14.8 Å². The third kappa shape index (κ3) is 2.88. The molecule has 112 valence electrons. The van der Waals surface area contributed by atoms with Gasteiger partial charge in [0.25, 0.3) is 0 Å². The number of hydrogen-bond acceptors (Lipinski definition) is 4. The Labute approximate surface area is 124 Å². The van der Waals surface area contributed by atoms with Gasteiger partial charge in [0.1, 0.15) is 5.82 Å². The van der Waals surface area contributed by atoms with Crippen molar-refractivity contribution in [2.75, 3.05) is 13.3 Å². The van der Waals surface area contributed by atoms with Gasteiger partial charge in [0.2, 0.25) is 6.79 Å². The molecule has 1 aromatic heterocycles. The lowest BCUT2D eigenvalue weighted by Gasteiger charge is -2.20. The first-order chi connectivity index (χ1) is 10.3. The molecule has 0 saturated carbocycles. The maximum atomic E-state index is 5.48. The monoisotopic (exact) mass is 287 g/mol. The zero-order valence-electron chi connectivity index (χ0n) is 12.5. The van der Waals surface area contributed by atoms with Gasteiger partial charge in [-0.15, -0.1) is 0 Å². The summed E-state index contributed by atoms with van der Waals surface area (Å²) in [7, 11) is 0. The molecule has 21 heavy (non-hydrogen) atoms. The largest absolute Gasteiger partial charge is 0.454 e. The topological polar surface area (TPSA) is 48.3 Å². The highest BCUT2D eigenvalue weighted by Crippen LogP contribution is 2.34. The molecule has 0 spiro atoms. The molecule has 2 aromatic rings. The Bertz CT molecular complexity index is 609. The van der Waals surface area contributed by atoms with Crippen molar-refractivity contribution in [2.24, 2.45) is 0 Å². The van der Waals surface area contributed by atoms with E-state index >= 15 is 0 Å². The van der Waals surface area contributed by atoms with Gasteiger partial charge in [-0.3, -0.25) is 0 Å². The first-order valence-electron chi connectivity index (χ1n) is 7.44. The van der Waals surface area contributed by atoms with E-state index in [0.29, 0.717) is 6.79 Å². The molecule has 0 aliphatic carbocycles. The normalized spacial score (nSPS) is 14.4. The Balaban J connectivity index is 1.84. The maximum Gasteiger partial charge on any atom is 0.231 e. The third-order valence-electron chi connectivity index (χ3n) is 3.75. The summed E-state index contributed by atoms with van der Waals surface area (Å²) in [6.07, 6.45) is 4.84. The van der Waals surface area contributed by atoms with E-state index in [4.69, 9.17) is 9.47 Å². The van der Waals surface area contributed by atoms with Gasteiger partial charge in [-0.2, -0.15) is 0 Å². The summed E-state index contributed by atoms with van der Waals surface area (Å²) in [5.41, 5.74) is 1.21. The Hall–Kier alpha value is -2.01. The van der Waals surface area contributed by atoms with Crippen molar-refractivity contribution in [3.63, 3.8) is 0 Å². The smallest absolute Gasteiger partial charge is 0.231 e. The summed E-state index contributed by atoms with van der Waals surface area (Å²) in [6, 6.07) is 6.38. The summed E-state index contributed by atoms with van der Waals surface area (Å²) in [5.74, 6) is 2.77. The van der Waals surface area contributed by atoms with Crippen LogP contribution in [0, 0.1) is 0 Å². The number of benzene rings is 1. The van der Waals surface area contributed by atoms with Gasteiger partial charge < -0.3 is 19.4 Å². The number of aryl methyl sites for hydroxylation is 1. The van der Waals surface area contributed by atoms with Crippen molar-refractivity contribution in [3.8, 4) is 11.5 Å². The van der Waals surface area contributed by atoms with Crippen molar-refractivity contribution in [2.45, 2.75) is 32.9 Å². The highest BCUT2D eigenvalue weighted by atomic mass is 16.7. The molecule has 0 bridgehead atoms. The van der Waals surface area contributed by atoms with E-state index < -0.39 is 0 Å². The first kappa shape index (κ1) is 13.9. The van der Waals surface area contributed by atoms with Crippen LogP contribution >= 0.6 is 0 Å². The number of hydrogen-bond donors (Lipinski definition) is 1. The number of nitrogens with one attached hydrogen (secondary N) is 1. The van der Waals surface area contributed by atoms with Crippen molar-refractivity contribution >= 4 is 0 Å².